The third-order valence-corrected chi connectivity index (χ3v) is 5.96. The standard InChI is InChI=1S/C20H20BrN5O3/c1-3-13-6-12(4-5-28-13)26-18-14-7-16(21)22-9-15(14)29-19(18)17(24-20(26)27)11-8-23-25(2)10-11/h7-10,12-13H,3-6H2,1-2H3/t12-,13-/m1/s1. The zero-order valence-corrected chi connectivity index (χ0v) is 17.7. The van der Waals surface area contributed by atoms with E-state index in [-0.39, 0.29) is 17.8 Å². The van der Waals surface area contributed by atoms with E-state index in [1.54, 1.807) is 21.6 Å². The van der Waals surface area contributed by atoms with Crippen molar-refractivity contribution in [3.63, 3.8) is 0 Å². The third kappa shape index (κ3) is 3.08. The molecular formula is C20H20BrN5O3. The lowest BCUT2D eigenvalue weighted by molar-refractivity contribution is -0.00709. The Morgan fingerprint density at radius 1 is 1.34 bits per heavy atom. The highest BCUT2D eigenvalue weighted by atomic mass is 79.9. The van der Waals surface area contributed by atoms with E-state index >= 15 is 0 Å². The molecular weight excluding hydrogens is 438 g/mol. The van der Waals surface area contributed by atoms with E-state index in [1.807, 2.05) is 19.3 Å². The number of ether oxygens (including phenoxy) is 1. The molecule has 0 N–H and O–H groups in total. The summed E-state index contributed by atoms with van der Waals surface area (Å²) in [6.45, 7) is 2.73. The van der Waals surface area contributed by atoms with Gasteiger partial charge in [0.1, 0.15) is 15.8 Å². The molecule has 0 spiro atoms. The lowest BCUT2D eigenvalue weighted by Crippen LogP contribution is -2.34. The van der Waals surface area contributed by atoms with Crippen molar-refractivity contribution in [1.82, 2.24) is 24.3 Å². The van der Waals surface area contributed by atoms with Crippen molar-refractivity contribution in [1.29, 1.82) is 0 Å². The van der Waals surface area contributed by atoms with Crippen molar-refractivity contribution in [3.8, 4) is 11.3 Å². The van der Waals surface area contributed by atoms with Crippen LogP contribution in [0.5, 0.6) is 0 Å². The Morgan fingerprint density at radius 2 is 2.21 bits per heavy atom. The molecule has 0 aliphatic carbocycles. The summed E-state index contributed by atoms with van der Waals surface area (Å²) in [5.41, 5.74) is 2.91. The molecule has 150 valence electrons. The maximum Gasteiger partial charge on any atom is 0.349 e. The second-order valence-electron chi connectivity index (χ2n) is 7.38. The zero-order chi connectivity index (χ0) is 20.1. The van der Waals surface area contributed by atoms with Crippen LogP contribution in [0, 0.1) is 0 Å². The van der Waals surface area contributed by atoms with Crippen LogP contribution in [0.1, 0.15) is 32.2 Å². The summed E-state index contributed by atoms with van der Waals surface area (Å²) in [7, 11) is 1.83. The summed E-state index contributed by atoms with van der Waals surface area (Å²) in [5, 5.41) is 5.06. The van der Waals surface area contributed by atoms with E-state index < -0.39 is 0 Å². The summed E-state index contributed by atoms with van der Waals surface area (Å²) in [6, 6.07) is 1.90. The van der Waals surface area contributed by atoms with Crippen LogP contribution in [0.25, 0.3) is 33.3 Å². The first kappa shape index (κ1) is 18.5. The molecule has 0 aromatic carbocycles. The Morgan fingerprint density at radius 3 is 2.97 bits per heavy atom. The molecule has 9 heteroatoms. The predicted octanol–water partition coefficient (Wildman–Crippen LogP) is 3.83. The van der Waals surface area contributed by atoms with Crippen LogP contribution < -0.4 is 5.69 Å². The van der Waals surface area contributed by atoms with E-state index in [1.165, 1.54) is 0 Å². The molecule has 0 unspecified atom stereocenters. The van der Waals surface area contributed by atoms with Crippen LogP contribution in [0.4, 0.5) is 0 Å². The van der Waals surface area contributed by atoms with Gasteiger partial charge in [-0.15, -0.1) is 0 Å². The number of pyridine rings is 1. The van der Waals surface area contributed by atoms with E-state index in [4.69, 9.17) is 9.15 Å². The van der Waals surface area contributed by atoms with Gasteiger partial charge in [-0.3, -0.25) is 9.25 Å². The molecule has 0 saturated carbocycles. The number of hydrogen-bond donors (Lipinski definition) is 0. The van der Waals surface area contributed by atoms with Crippen molar-refractivity contribution < 1.29 is 9.15 Å². The van der Waals surface area contributed by atoms with Gasteiger partial charge in [0, 0.05) is 36.8 Å². The van der Waals surface area contributed by atoms with E-state index in [2.05, 4.69) is 37.9 Å². The van der Waals surface area contributed by atoms with Crippen molar-refractivity contribution in [2.45, 2.75) is 38.3 Å². The molecule has 29 heavy (non-hydrogen) atoms. The van der Waals surface area contributed by atoms with Gasteiger partial charge in [0.15, 0.2) is 11.2 Å². The number of aromatic nitrogens is 5. The Kier molecular flexibility index (Phi) is 4.51. The number of fused-ring (bicyclic) bond motifs is 3. The maximum absolute atomic E-state index is 13.3. The average Bonchev–Trinajstić information content (AvgIpc) is 3.31. The molecule has 1 aliphatic rings. The molecule has 0 radical (unpaired) electrons. The monoisotopic (exact) mass is 457 g/mol. The van der Waals surface area contributed by atoms with Gasteiger partial charge in [0.25, 0.3) is 0 Å². The number of hydrogen-bond acceptors (Lipinski definition) is 6. The van der Waals surface area contributed by atoms with Crippen LogP contribution in [0.2, 0.25) is 0 Å². The average molecular weight is 458 g/mol. The molecule has 0 bridgehead atoms. The Labute approximate surface area is 174 Å². The van der Waals surface area contributed by atoms with Gasteiger partial charge >= 0.3 is 5.69 Å². The van der Waals surface area contributed by atoms with Gasteiger partial charge in [0.05, 0.1) is 18.5 Å². The summed E-state index contributed by atoms with van der Waals surface area (Å²) in [5.74, 6) is 0. The number of aryl methyl sites for hydroxylation is 1. The molecule has 1 saturated heterocycles. The summed E-state index contributed by atoms with van der Waals surface area (Å²) in [6.07, 6.45) is 7.77. The Bertz CT molecular complexity index is 1270. The number of rotatable bonds is 3. The van der Waals surface area contributed by atoms with Crippen LogP contribution in [0.3, 0.4) is 0 Å². The molecule has 0 amide bonds. The van der Waals surface area contributed by atoms with Gasteiger partial charge in [0.2, 0.25) is 0 Å². The first-order chi connectivity index (χ1) is 14.0. The number of nitrogens with zero attached hydrogens (tertiary/aromatic N) is 5. The molecule has 8 nitrogen and oxygen atoms in total. The van der Waals surface area contributed by atoms with Gasteiger partial charge < -0.3 is 9.15 Å². The Balaban J connectivity index is 1.83. The largest absolute Gasteiger partial charge is 0.450 e. The van der Waals surface area contributed by atoms with Gasteiger partial charge in [-0.1, -0.05) is 6.92 Å². The lowest BCUT2D eigenvalue weighted by atomic mass is 10.0. The van der Waals surface area contributed by atoms with Crippen LogP contribution >= 0.6 is 15.9 Å². The fourth-order valence-corrected chi connectivity index (χ4v) is 4.45. The van der Waals surface area contributed by atoms with Gasteiger partial charge in [-0.05, 0) is 41.3 Å². The topological polar surface area (TPSA) is 88.0 Å². The molecule has 1 aliphatic heterocycles. The Hall–Kier alpha value is -2.52. The predicted molar refractivity (Wildman–Crippen MR) is 112 cm³/mol. The van der Waals surface area contributed by atoms with E-state index in [0.29, 0.717) is 28.1 Å². The normalized spacial score (nSPS) is 20.0. The van der Waals surface area contributed by atoms with E-state index in [0.717, 1.165) is 35.7 Å². The molecule has 4 aromatic heterocycles. The van der Waals surface area contributed by atoms with Gasteiger partial charge in [-0.25, -0.2) is 9.78 Å². The van der Waals surface area contributed by atoms with Crippen molar-refractivity contribution >= 4 is 38.0 Å². The molecule has 5 rings (SSSR count). The molecule has 1 fully saturated rings. The summed E-state index contributed by atoms with van der Waals surface area (Å²) < 4.78 is 16.2. The van der Waals surface area contributed by atoms with Crippen molar-refractivity contribution in [2.75, 3.05) is 6.61 Å². The molecule has 2 atom stereocenters. The lowest BCUT2D eigenvalue weighted by Gasteiger charge is -2.30. The van der Waals surface area contributed by atoms with Gasteiger partial charge in [-0.2, -0.15) is 10.1 Å². The summed E-state index contributed by atoms with van der Waals surface area (Å²) in [4.78, 5) is 22.0. The highest BCUT2D eigenvalue weighted by Crippen LogP contribution is 2.37. The first-order valence-electron chi connectivity index (χ1n) is 9.66. The van der Waals surface area contributed by atoms with Crippen LogP contribution in [0.15, 0.2) is 38.5 Å². The van der Waals surface area contributed by atoms with Crippen LogP contribution in [-0.2, 0) is 11.8 Å². The first-order valence-corrected chi connectivity index (χ1v) is 10.5. The maximum atomic E-state index is 13.3. The smallest absolute Gasteiger partial charge is 0.349 e. The molecule has 4 aromatic rings. The summed E-state index contributed by atoms with van der Waals surface area (Å²) >= 11 is 3.44. The second kappa shape index (κ2) is 7.07. The molecule has 5 heterocycles. The highest BCUT2D eigenvalue weighted by Gasteiger charge is 2.28. The van der Waals surface area contributed by atoms with E-state index in [9.17, 15) is 4.79 Å². The highest BCUT2D eigenvalue weighted by molar-refractivity contribution is 9.10. The fourth-order valence-electron chi connectivity index (χ4n) is 4.12. The number of furan rings is 1. The zero-order valence-electron chi connectivity index (χ0n) is 16.1. The second-order valence-corrected chi connectivity index (χ2v) is 8.19. The minimum atomic E-state index is -0.284. The number of halogens is 1. The third-order valence-electron chi connectivity index (χ3n) is 5.52. The van der Waals surface area contributed by atoms with Crippen LogP contribution in [-0.4, -0.2) is 37.0 Å². The quantitative estimate of drug-likeness (QED) is 0.434. The van der Waals surface area contributed by atoms with Crippen molar-refractivity contribution in [3.05, 3.63) is 39.7 Å². The minimum Gasteiger partial charge on any atom is -0.450 e. The van der Waals surface area contributed by atoms with Crippen molar-refractivity contribution in [2.24, 2.45) is 7.05 Å². The SMILES string of the molecule is CC[C@@H]1C[C@H](n2c(=O)nc(-c3cnn(C)c3)c3oc4cnc(Br)cc4c32)CCO1. The minimum absolute atomic E-state index is 0.00638. The fraction of sp³-hybridized carbons (Fsp3) is 0.400.